The first-order valence-corrected chi connectivity index (χ1v) is 10.2. The third kappa shape index (κ3) is 5.45. The summed E-state index contributed by atoms with van der Waals surface area (Å²) in [6, 6.07) is 9.04. The van der Waals surface area contributed by atoms with E-state index in [1.165, 1.54) is 11.1 Å². The van der Waals surface area contributed by atoms with Crippen LogP contribution < -0.4 is 4.72 Å². The van der Waals surface area contributed by atoms with Crippen molar-refractivity contribution >= 4 is 17.9 Å². The number of aliphatic hydroxyl groups is 1. The summed E-state index contributed by atoms with van der Waals surface area (Å²) in [5.74, 6) is 0.870. The lowest BCUT2D eigenvalue weighted by molar-refractivity contribution is -0.129. The minimum atomic E-state index is -0.319. The van der Waals surface area contributed by atoms with Gasteiger partial charge in [-0.3, -0.25) is 14.4 Å². The van der Waals surface area contributed by atoms with Gasteiger partial charge < -0.3 is 10.0 Å². The topological polar surface area (TPSA) is 55.8 Å². The molecule has 1 amide bonds. The van der Waals surface area contributed by atoms with E-state index >= 15 is 0 Å². The minimum absolute atomic E-state index is 0.171. The Morgan fingerprint density at radius 2 is 2.00 bits per heavy atom. The van der Waals surface area contributed by atoms with Crippen LogP contribution in [0, 0.1) is 0 Å². The molecular formula is C19H29N3O2S. The number of carbonyl (C=O) groups excluding carboxylic acids is 1. The van der Waals surface area contributed by atoms with Crippen molar-refractivity contribution in [1.29, 1.82) is 0 Å². The van der Waals surface area contributed by atoms with Gasteiger partial charge >= 0.3 is 0 Å². The molecule has 25 heavy (non-hydrogen) atoms. The van der Waals surface area contributed by atoms with Crippen molar-refractivity contribution in [3.63, 3.8) is 0 Å². The molecule has 2 N–H and O–H groups in total. The zero-order valence-corrected chi connectivity index (χ0v) is 15.8. The molecule has 138 valence electrons. The van der Waals surface area contributed by atoms with Gasteiger partial charge in [-0.05, 0) is 30.4 Å². The van der Waals surface area contributed by atoms with Gasteiger partial charge in [0, 0.05) is 51.4 Å². The zero-order chi connectivity index (χ0) is 17.6. The first kappa shape index (κ1) is 18.7. The highest BCUT2D eigenvalue weighted by Crippen LogP contribution is 2.19. The van der Waals surface area contributed by atoms with Gasteiger partial charge in [0.15, 0.2) is 0 Å². The normalized spacial score (nSPS) is 20.3. The van der Waals surface area contributed by atoms with Crippen LogP contribution in [0.5, 0.6) is 0 Å². The molecule has 1 saturated heterocycles. The Kier molecular flexibility index (Phi) is 6.76. The summed E-state index contributed by atoms with van der Waals surface area (Å²) < 4.78 is 3.47. The lowest BCUT2D eigenvalue weighted by atomic mass is 10.00. The van der Waals surface area contributed by atoms with Gasteiger partial charge in [0.1, 0.15) is 0 Å². The Hall–Kier alpha value is -1.08. The summed E-state index contributed by atoms with van der Waals surface area (Å²) in [6.45, 7) is 6.00. The number of piperidine rings is 1. The molecule has 2 aliphatic heterocycles. The second kappa shape index (κ2) is 9.03. The van der Waals surface area contributed by atoms with E-state index in [-0.39, 0.29) is 12.0 Å². The molecule has 0 saturated carbocycles. The molecule has 0 aliphatic carbocycles. The van der Waals surface area contributed by atoms with E-state index in [1.807, 2.05) is 4.90 Å². The van der Waals surface area contributed by atoms with Crippen molar-refractivity contribution in [3.05, 3.63) is 35.4 Å². The molecular weight excluding hydrogens is 334 g/mol. The summed E-state index contributed by atoms with van der Waals surface area (Å²) in [5, 5.41) is 10.3. The molecule has 2 heterocycles. The van der Waals surface area contributed by atoms with Crippen LogP contribution in [0.4, 0.5) is 0 Å². The van der Waals surface area contributed by atoms with E-state index < -0.39 is 0 Å². The number of benzene rings is 1. The molecule has 0 bridgehead atoms. The molecule has 2 aliphatic rings. The van der Waals surface area contributed by atoms with Crippen molar-refractivity contribution in [2.45, 2.75) is 44.9 Å². The van der Waals surface area contributed by atoms with Crippen LogP contribution in [0.1, 0.15) is 30.9 Å². The largest absolute Gasteiger partial charge is 0.391 e. The van der Waals surface area contributed by atoms with Crippen LogP contribution in [-0.2, 0) is 17.8 Å². The number of nitrogens with zero attached hydrogens (tertiary/aromatic N) is 2. The number of rotatable bonds is 6. The number of likely N-dealkylation sites (tertiary alicyclic amines) is 1. The Morgan fingerprint density at radius 3 is 2.72 bits per heavy atom. The number of fused-ring (bicyclic) bond motifs is 1. The molecule has 1 fully saturated rings. The molecule has 3 rings (SSSR count). The van der Waals surface area contributed by atoms with Crippen LogP contribution in [0.15, 0.2) is 24.3 Å². The number of carbonyl (C=O) groups is 1. The molecule has 0 radical (unpaired) electrons. The summed E-state index contributed by atoms with van der Waals surface area (Å²) in [5.41, 5.74) is 2.84. The molecule has 5 nitrogen and oxygen atoms in total. The minimum Gasteiger partial charge on any atom is -0.391 e. The average Bonchev–Trinajstić information content (AvgIpc) is 2.62. The smallest absolute Gasteiger partial charge is 0.219 e. The number of hydrogen-bond acceptors (Lipinski definition) is 5. The van der Waals surface area contributed by atoms with Crippen molar-refractivity contribution in [2.24, 2.45) is 0 Å². The molecule has 1 aromatic rings. The quantitative estimate of drug-likeness (QED) is 0.753. The number of β-amino-alcohol motifs (C(OH)–C–C–N with tert-alkyl or cyclic N) is 1. The van der Waals surface area contributed by atoms with Gasteiger partial charge in [0.2, 0.25) is 5.91 Å². The van der Waals surface area contributed by atoms with Gasteiger partial charge in [-0.25, -0.2) is 0 Å². The van der Waals surface area contributed by atoms with E-state index in [0.717, 1.165) is 52.0 Å². The molecule has 0 unspecified atom stereocenters. The maximum absolute atomic E-state index is 11.3. The highest BCUT2D eigenvalue weighted by Gasteiger charge is 2.21. The summed E-state index contributed by atoms with van der Waals surface area (Å²) >= 11 is 1.62. The van der Waals surface area contributed by atoms with Crippen LogP contribution >= 0.6 is 11.9 Å². The number of amides is 1. The average molecular weight is 364 g/mol. The molecule has 6 heteroatoms. The highest BCUT2D eigenvalue weighted by molar-refractivity contribution is 7.97. The maximum atomic E-state index is 11.3. The number of aliphatic hydroxyl groups excluding tert-OH is 1. The van der Waals surface area contributed by atoms with Crippen LogP contribution in [0.3, 0.4) is 0 Å². The molecule has 1 atom stereocenters. The molecule has 0 spiro atoms. The van der Waals surface area contributed by atoms with E-state index in [9.17, 15) is 9.90 Å². The SMILES string of the molecule is CC(=O)N1CCC(NSC[C@H](O)CN2CCc3ccccc3C2)CC1. The van der Waals surface area contributed by atoms with Crippen molar-refractivity contribution in [1.82, 2.24) is 14.5 Å². The predicted octanol–water partition coefficient (Wildman–Crippen LogP) is 1.65. The van der Waals surface area contributed by atoms with Gasteiger partial charge in [-0.15, -0.1) is 0 Å². The van der Waals surface area contributed by atoms with Crippen LogP contribution in [0.25, 0.3) is 0 Å². The fourth-order valence-electron chi connectivity index (χ4n) is 3.64. The Labute approximate surface area is 154 Å². The lowest BCUT2D eigenvalue weighted by Crippen LogP contribution is -2.43. The van der Waals surface area contributed by atoms with E-state index in [1.54, 1.807) is 18.9 Å². The summed E-state index contributed by atoms with van der Waals surface area (Å²) in [4.78, 5) is 15.6. The zero-order valence-electron chi connectivity index (χ0n) is 15.0. The summed E-state index contributed by atoms with van der Waals surface area (Å²) in [7, 11) is 0. The number of hydrogen-bond donors (Lipinski definition) is 2. The Balaban J connectivity index is 1.33. The third-order valence-electron chi connectivity index (χ3n) is 5.14. The summed E-state index contributed by atoms with van der Waals surface area (Å²) in [6.07, 6.45) is 2.74. The second-order valence-corrected chi connectivity index (χ2v) is 7.97. The van der Waals surface area contributed by atoms with Crippen molar-refractivity contribution in [3.8, 4) is 0 Å². The fourth-order valence-corrected chi connectivity index (χ4v) is 4.50. The Morgan fingerprint density at radius 1 is 1.28 bits per heavy atom. The van der Waals surface area contributed by atoms with Gasteiger partial charge in [-0.2, -0.15) is 0 Å². The predicted molar refractivity (Wildman–Crippen MR) is 102 cm³/mol. The standard InChI is InChI=1S/C19H29N3O2S/c1-15(23)22-10-7-18(8-11-22)20-25-14-19(24)13-21-9-6-16-4-2-3-5-17(16)12-21/h2-5,18-20,24H,6-14H2,1H3/t19-/m1/s1. The van der Waals surface area contributed by atoms with E-state index in [2.05, 4.69) is 33.9 Å². The van der Waals surface area contributed by atoms with Crippen molar-refractivity contribution in [2.75, 3.05) is 31.9 Å². The monoisotopic (exact) mass is 363 g/mol. The Bertz CT molecular complexity index is 576. The van der Waals surface area contributed by atoms with Crippen molar-refractivity contribution < 1.29 is 9.90 Å². The first-order chi connectivity index (χ1) is 12.1. The van der Waals surface area contributed by atoms with E-state index in [4.69, 9.17) is 0 Å². The molecule has 0 aromatic heterocycles. The van der Waals surface area contributed by atoms with Crippen LogP contribution in [-0.4, -0.2) is 64.9 Å². The lowest BCUT2D eigenvalue weighted by Gasteiger charge is -2.32. The molecule has 1 aromatic carbocycles. The second-order valence-electron chi connectivity index (χ2n) is 7.12. The van der Waals surface area contributed by atoms with Crippen LogP contribution in [0.2, 0.25) is 0 Å². The first-order valence-electron chi connectivity index (χ1n) is 9.22. The fraction of sp³-hybridized carbons (Fsp3) is 0.632. The van der Waals surface area contributed by atoms with Gasteiger partial charge in [0.05, 0.1) is 6.10 Å². The third-order valence-corrected chi connectivity index (χ3v) is 6.20. The van der Waals surface area contributed by atoms with E-state index in [0.29, 0.717) is 11.8 Å². The number of nitrogens with one attached hydrogen (secondary N) is 1. The van der Waals surface area contributed by atoms with Gasteiger partial charge in [-0.1, -0.05) is 36.2 Å². The van der Waals surface area contributed by atoms with Gasteiger partial charge in [0.25, 0.3) is 0 Å². The maximum Gasteiger partial charge on any atom is 0.219 e. The highest BCUT2D eigenvalue weighted by atomic mass is 32.2.